The van der Waals surface area contributed by atoms with Crippen molar-refractivity contribution in [2.75, 3.05) is 20.6 Å². The highest BCUT2D eigenvalue weighted by molar-refractivity contribution is 5.85. The van der Waals surface area contributed by atoms with Gasteiger partial charge in [0.15, 0.2) is 5.96 Å². The van der Waals surface area contributed by atoms with Gasteiger partial charge in [-0.3, -0.25) is 4.79 Å². The Kier molecular flexibility index (Phi) is 4.89. The zero-order valence-corrected chi connectivity index (χ0v) is 14.0. The van der Waals surface area contributed by atoms with Gasteiger partial charge in [0.2, 0.25) is 5.91 Å². The van der Waals surface area contributed by atoms with Crippen molar-refractivity contribution in [1.82, 2.24) is 15.5 Å². The summed E-state index contributed by atoms with van der Waals surface area (Å²) >= 11 is 0. The third-order valence-corrected chi connectivity index (χ3v) is 5.42. The normalized spacial score (nSPS) is 31.5. The Morgan fingerprint density at radius 3 is 2.41 bits per heavy atom. The van der Waals surface area contributed by atoms with Crippen LogP contribution in [0.1, 0.15) is 51.4 Å². The van der Waals surface area contributed by atoms with Gasteiger partial charge in [0.05, 0.1) is 0 Å². The maximum Gasteiger partial charge on any atom is 0.243 e. The number of likely N-dealkylation sites (N-methyl/N-ethyl adjacent to an activating group) is 1. The minimum Gasteiger partial charge on any atom is -0.354 e. The van der Waals surface area contributed by atoms with Crippen LogP contribution in [0.3, 0.4) is 0 Å². The van der Waals surface area contributed by atoms with E-state index in [1.54, 1.807) is 19.0 Å². The summed E-state index contributed by atoms with van der Waals surface area (Å²) in [4.78, 5) is 17.9. The van der Waals surface area contributed by atoms with Crippen molar-refractivity contribution < 1.29 is 4.79 Å². The Morgan fingerprint density at radius 1 is 1.00 bits per heavy atom. The second kappa shape index (κ2) is 6.88. The molecule has 22 heavy (non-hydrogen) atoms. The van der Waals surface area contributed by atoms with Crippen molar-refractivity contribution >= 4 is 11.9 Å². The summed E-state index contributed by atoms with van der Waals surface area (Å²) in [5, 5.41) is 7.06. The second-order valence-corrected chi connectivity index (χ2v) is 7.48. The zero-order valence-electron chi connectivity index (χ0n) is 14.0. The molecule has 0 saturated heterocycles. The highest BCUT2D eigenvalue weighted by atomic mass is 16.2. The molecule has 0 radical (unpaired) electrons. The first-order valence-electron chi connectivity index (χ1n) is 8.89. The molecule has 0 aliphatic heterocycles. The number of nitrogens with one attached hydrogen (secondary N) is 2. The lowest BCUT2D eigenvalue weighted by Gasteiger charge is -2.33. The second-order valence-electron chi connectivity index (χ2n) is 7.48. The van der Waals surface area contributed by atoms with Crippen LogP contribution in [0.15, 0.2) is 4.99 Å². The molecule has 3 saturated carbocycles. The van der Waals surface area contributed by atoms with Gasteiger partial charge >= 0.3 is 0 Å². The Morgan fingerprint density at radius 2 is 1.68 bits per heavy atom. The Balaban J connectivity index is 1.55. The lowest BCUT2D eigenvalue weighted by Crippen LogP contribution is -2.47. The molecule has 0 bridgehead atoms. The minimum absolute atomic E-state index is 0.0522. The predicted molar refractivity (Wildman–Crippen MR) is 88.8 cm³/mol. The van der Waals surface area contributed by atoms with Gasteiger partial charge in [-0.2, -0.15) is 0 Å². The highest BCUT2D eigenvalue weighted by Crippen LogP contribution is 2.42. The molecule has 124 valence electrons. The van der Waals surface area contributed by atoms with E-state index in [9.17, 15) is 4.79 Å². The average Bonchev–Trinajstić information content (AvgIpc) is 3.18. The number of amides is 1. The smallest absolute Gasteiger partial charge is 0.243 e. The number of hydrogen-bond acceptors (Lipinski definition) is 2. The van der Waals surface area contributed by atoms with E-state index >= 15 is 0 Å². The molecule has 3 unspecified atom stereocenters. The average molecular weight is 306 g/mol. The third kappa shape index (κ3) is 4.14. The quantitative estimate of drug-likeness (QED) is 0.614. The van der Waals surface area contributed by atoms with E-state index in [4.69, 9.17) is 0 Å². The fraction of sp³-hybridized carbons (Fsp3) is 0.882. The molecule has 3 aliphatic carbocycles. The van der Waals surface area contributed by atoms with Crippen LogP contribution in [-0.4, -0.2) is 49.5 Å². The molecule has 1 amide bonds. The van der Waals surface area contributed by atoms with E-state index in [0.29, 0.717) is 12.1 Å². The van der Waals surface area contributed by atoms with Crippen LogP contribution in [0.2, 0.25) is 0 Å². The van der Waals surface area contributed by atoms with Crippen molar-refractivity contribution in [3.8, 4) is 0 Å². The Bertz CT molecular complexity index is 430. The third-order valence-electron chi connectivity index (χ3n) is 5.42. The lowest BCUT2D eigenvalue weighted by molar-refractivity contribution is -0.127. The van der Waals surface area contributed by atoms with Crippen LogP contribution in [-0.2, 0) is 4.79 Å². The van der Waals surface area contributed by atoms with Gasteiger partial charge in [-0.25, -0.2) is 4.99 Å². The van der Waals surface area contributed by atoms with Crippen LogP contribution in [0.5, 0.6) is 0 Å². The fourth-order valence-corrected chi connectivity index (χ4v) is 3.87. The van der Waals surface area contributed by atoms with E-state index < -0.39 is 0 Å². The molecule has 3 rings (SSSR count). The van der Waals surface area contributed by atoms with E-state index in [0.717, 1.165) is 17.8 Å². The van der Waals surface area contributed by atoms with Gasteiger partial charge in [-0.1, -0.05) is 19.3 Å². The first-order valence-corrected chi connectivity index (χ1v) is 8.89. The molecular formula is C17H30N4O. The topological polar surface area (TPSA) is 56.7 Å². The van der Waals surface area contributed by atoms with Crippen molar-refractivity contribution in [3.63, 3.8) is 0 Å². The summed E-state index contributed by atoms with van der Waals surface area (Å²) in [6, 6.07) is 1.09. The summed E-state index contributed by atoms with van der Waals surface area (Å²) in [5.74, 6) is 2.79. The number of hydrogen-bond donors (Lipinski definition) is 2. The number of aliphatic imine (C=N–C) groups is 1. The fourth-order valence-electron chi connectivity index (χ4n) is 3.87. The van der Waals surface area contributed by atoms with Crippen molar-refractivity contribution in [1.29, 1.82) is 0 Å². The Labute approximate surface area is 133 Å². The summed E-state index contributed by atoms with van der Waals surface area (Å²) in [6.07, 6.45) is 10.6. The van der Waals surface area contributed by atoms with Gasteiger partial charge in [-0.05, 0) is 43.9 Å². The molecule has 0 aromatic heterocycles. The van der Waals surface area contributed by atoms with Crippen LogP contribution >= 0.6 is 0 Å². The molecular weight excluding hydrogens is 276 g/mol. The number of fused-ring (bicyclic) bond motifs is 1. The van der Waals surface area contributed by atoms with E-state index in [-0.39, 0.29) is 12.5 Å². The van der Waals surface area contributed by atoms with Gasteiger partial charge in [0.1, 0.15) is 6.54 Å². The van der Waals surface area contributed by atoms with Crippen molar-refractivity contribution in [2.24, 2.45) is 16.8 Å². The van der Waals surface area contributed by atoms with Gasteiger partial charge in [-0.15, -0.1) is 0 Å². The molecule has 3 fully saturated rings. The number of carbonyl (C=O) groups is 1. The zero-order chi connectivity index (χ0) is 15.5. The van der Waals surface area contributed by atoms with Gasteiger partial charge in [0.25, 0.3) is 0 Å². The summed E-state index contributed by atoms with van der Waals surface area (Å²) in [5.41, 5.74) is 0. The maximum atomic E-state index is 11.8. The van der Waals surface area contributed by atoms with E-state index in [1.165, 1.54) is 51.4 Å². The summed E-state index contributed by atoms with van der Waals surface area (Å²) < 4.78 is 0. The molecule has 0 aromatic carbocycles. The van der Waals surface area contributed by atoms with Crippen molar-refractivity contribution in [2.45, 2.75) is 63.5 Å². The molecule has 0 aromatic rings. The first-order chi connectivity index (χ1) is 10.6. The van der Waals surface area contributed by atoms with Crippen LogP contribution < -0.4 is 10.6 Å². The van der Waals surface area contributed by atoms with E-state index in [2.05, 4.69) is 15.6 Å². The number of guanidine groups is 1. The van der Waals surface area contributed by atoms with Gasteiger partial charge < -0.3 is 15.5 Å². The van der Waals surface area contributed by atoms with Gasteiger partial charge in [0, 0.05) is 26.2 Å². The highest BCUT2D eigenvalue weighted by Gasteiger charge is 2.34. The largest absolute Gasteiger partial charge is 0.354 e. The van der Waals surface area contributed by atoms with Crippen LogP contribution in [0.25, 0.3) is 0 Å². The Hall–Kier alpha value is -1.26. The molecule has 3 atom stereocenters. The maximum absolute atomic E-state index is 11.8. The summed E-state index contributed by atoms with van der Waals surface area (Å²) in [6.45, 7) is 0.230. The molecule has 0 spiro atoms. The molecule has 5 heteroatoms. The monoisotopic (exact) mass is 306 g/mol. The van der Waals surface area contributed by atoms with Crippen LogP contribution in [0.4, 0.5) is 0 Å². The van der Waals surface area contributed by atoms with Crippen molar-refractivity contribution in [3.05, 3.63) is 0 Å². The predicted octanol–water partition coefficient (Wildman–Crippen LogP) is 1.74. The molecule has 5 nitrogen and oxygen atoms in total. The molecule has 3 aliphatic rings. The SMILES string of the molecule is CN(C)C(=O)CN=C(NC1CC1)NC1CCC2CCCC2C1. The van der Waals surface area contributed by atoms with Crippen LogP contribution in [0, 0.1) is 11.8 Å². The summed E-state index contributed by atoms with van der Waals surface area (Å²) in [7, 11) is 3.56. The molecule has 2 N–H and O–H groups in total. The van der Waals surface area contributed by atoms with E-state index in [1.807, 2.05) is 0 Å². The standard InChI is InChI=1S/C17H30N4O/c1-21(2)16(22)11-18-17(19-14-8-9-14)20-15-7-6-12-4-3-5-13(12)10-15/h12-15H,3-11H2,1-2H3,(H2,18,19,20). The minimum atomic E-state index is 0.0522. The number of rotatable bonds is 4. The molecule has 0 heterocycles. The lowest BCUT2D eigenvalue weighted by atomic mass is 9.79. The first kappa shape index (κ1) is 15.6. The number of nitrogens with zero attached hydrogens (tertiary/aromatic N) is 2. The number of carbonyl (C=O) groups excluding carboxylic acids is 1.